The fourth-order valence-electron chi connectivity index (χ4n) is 2.15. The molecule has 0 bridgehead atoms. The molecular weight excluding hydrogens is 202 g/mol. The maximum absolute atomic E-state index is 5.90. The van der Waals surface area contributed by atoms with Crippen LogP contribution in [0.25, 0.3) is 0 Å². The Labute approximate surface area is 99.9 Å². The molecule has 0 saturated heterocycles. The lowest BCUT2D eigenvalue weighted by Crippen LogP contribution is -2.22. The second-order valence-corrected chi connectivity index (χ2v) is 4.58. The highest BCUT2D eigenvalue weighted by molar-refractivity contribution is 4.64. The Balaban J connectivity index is 1.86. The average molecular weight is 229 g/mol. The van der Waals surface area contributed by atoms with E-state index in [9.17, 15) is 0 Å². The van der Waals surface area contributed by atoms with Crippen LogP contribution >= 0.6 is 0 Å². The van der Waals surface area contributed by atoms with Gasteiger partial charge in [0, 0.05) is 20.3 Å². The van der Waals surface area contributed by atoms with E-state index in [1.807, 2.05) is 0 Å². The summed E-state index contributed by atoms with van der Waals surface area (Å²) in [6.45, 7) is 3.68. The first kappa shape index (κ1) is 13.9. The Kier molecular flexibility index (Phi) is 8.77. The van der Waals surface area contributed by atoms with E-state index in [4.69, 9.17) is 9.47 Å². The van der Waals surface area contributed by atoms with Gasteiger partial charge in [0.2, 0.25) is 0 Å². The molecule has 0 aromatic heterocycles. The third-order valence-corrected chi connectivity index (χ3v) is 3.14. The van der Waals surface area contributed by atoms with Gasteiger partial charge in [0.05, 0.1) is 12.7 Å². The van der Waals surface area contributed by atoms with Gasteiger partial charge in [-0.2, -0.15) is 0 Å². The van der Waals surface area contributed by atoms with Crippen LogP contribution in [0.5, 0.6) is 0 Å². The van der Waals surface area contributed by atoms with Gasteiger partial charge in [-0.05, 0) is 25.8 Å². The van der Waals surface area contributed by atoms with Crippen molar-refractivity contribution in [3.63, 3.8) is 0 Å². The second-order valence-electron chi connectivity index (χ2n) is 4.58. The van der Waals surface area contributed by atoms with E-state index in [1.165, 1.54) is 38.5 Å². The molecule has 1 N–H and O–H groups in total. The summed E-state index contributed by atoms with van der Waals surface area (Å²) in [4.78, 5) is 0. The molecule has 1 aliphatic rings. The van der Waals surface area contributed by atoms with Gasteiger partial charge in [0.1, 0.15) is 0 Å². The minimum absolute atomic E-state index is 0.543. The minimum Gasteiger partial charge on any atom is -0.383 e. The van der Waals surface area contributed by atoms with Crippen LogP contribution in [0.2, 0.25) is 0 Å². The van der Waals surface area contributed by atoms with Crippen LogP contribution in [0, 0.1) is 0 Å². The van der Waals surface area contributed by atoms with Crippen molar-refractivity contribution in [3.05, 3.63) is 0 Å². The summed E-state index contributed by atoms with van der Waals surface area (Å²) in [7, 11) is 1.73. The third-order valence-electron chi connectivity index (χ3n) is 3.14. The highest BCUT2D eigenvalue weighted by Crippen LogP contribution is 2.19. The molecule has 0 aromatic rings. The highest BCUT2D eigenvalue weighted by atomic mass is 16.5. The molecule has 0 aliphatic heterocycles. The molecule has 96 valence electrons. The summed E-state index contributed by atoms with van der Waals surface area (Å²) in [5, 5.41) is 3.33. The first-order valence-electron chi connectivity index (χ1n) is 6.74. The van der Waals surface area contributed by atoms with Crippen molar-refractivity contribution >= 4 is 0 Å². The van der Waals surface area contributed by atoms with E-state index in [2.05, 4.69) is 5.32 Å². The van der Waals surface area contributed by atoms with E-state index in [0.717, 1.165) is 32.7 Å². The van der Waals surface area contributed by atoms with Crippen LogP contribution in [0.3, 0.4) is 0 Å². The summed E-state index contributed by atoms with van der Waals surface area (Å²) >= 11 is 0. The third kappa shape index (κ3) is 7.20. The Morgan fingerprint density at radius 2 is 1.75 bits per heavy atom. The van der Waals surface area contributed by atoms with Gasteiger partial charge >= 0.3 is 0 Å². The van der Waals surface area contributed by atoms with E-state index >= 15 is 0 Å². The van der Waals surface area contributed by atoms with Gasteiger partial charge < -0.3 is 14.8 Å². The number of hydrogen-bond donors (Lipinski definition) is 1. The number of hydrogen-bond acceptors (Lipinski definition) is 3. The zero-order chi connectivity index (χ0) is 11.5. The Morgan fingerprint density at radius 1 is 1.00 bits per heavy atom. The molecule has 3 nitrogen and oxygen atoms in total. The van der Waals surface area contributed by atoms with Crippen LogP contribution in [-0.4, -0.2) is 39.5 Å². The fourth-order valence-corrected chi connectivity index (χ4v) is 2.15. The largest absolute Gasteiger partial charge is 0.383 e. The highest BCUT2D eigenvalue weighted by Gasteiger charge is 2.11. The lowest BCUT2D eigenvalue weighted by molar-refractivity contribution is 0.0417. The number of ether oxygens (including phenoxy) is 2. The number of rotatable bonds is 8. The quantitative estimate of drug-likeness (QED) is 0.512. The Morgan fingerprint density at radius 3 is 2.44 bits per heavy atom. The fraction of sp³-hybridized carbons (Fsp3) is 1.00. The minimum atomic E-state index is 0.543. The molecule has 1 rings (SSSR count). The maximum Gasteiger partial charge on any atom is 0.0587 e. The lowest BCUT2D eigenvalue weighted by Gasteiger charge is -2.15. The van der Waals surface area contributed by atoms with Gasteiger partial charge in [0.15, 0.2) is 0 Å². The molecule has 0 amide bonds. The van der Waals surface area contributed by atoms with Crippen LogP contribution in [0.1, 0.15) is 44.9 Å². The monoisotopic (exact) mass is 229 g/mol. The number of nitrogens with one attached hydrogen (secondary N) is 1. The zero-order valence-corrected chi connectivity index (χ0v) is 10.7. The SMILES string of the molecule is COCCNCCCOC1CCCCCC1. The van der Waals surface area contributed by atoms with Crippen molar-refractivity contribution < 1.29 is 9.47 Å². The summed E-state index contributed by atoms with van der Waals surface area (Å²) in [6, 6.07) is 0. The van der Waals surface area contributed by atoms with Crippen LogP contribution in [-0.2, 0) is 9.47 Å². The molecule has 1 aliphatic carbocycles. The zero-order valence-electron chi connectivity index (χ0n) is 10.7. The van der Waals surface area contributed by atoms with Gasteiger partial charge in [-0.1, -0.05) is 25.7 Å². The van der Waals surface area contributed by atoms with E-state index in [0.29, 0.717) is 6.10 Å². The molecule has 0 aromatic carbocycles. The van der Waals surface area contributed by atoms with Crippen LogP contribution in [0.15, 0.2) is 0 Å². The predicted octanol–water partition coefficient (Wildman–Crippen LogP) is 2.35. The Hall–Kier alpha value is -0.120. The van der Waals surface area contributed by atoms with Crippen molar-refractivity contribution in [2.75, 3.05) is 33.4 Å². The van der Waals surface area contributed by atoms with Crippen molar-refractivity contribution in [1.82, 2.24) is 5.32 Å². The predicted molar refractivity (Wildman–Crippen MR) is 66.8 cm³/mol. The van der Waals surface area contributed by atoms with Gasteiger partial charge in [0.25, 0.3) is 0 Å². The molecule has 16 heavy (non-hydrogen) atoms. The molecular formula is C13H27NO2. The second kappa shape index (κ2) is 10.1. The summed E-state index contributed by atoms with van der Waals surface area (Å²) in [5.74, 6) is 0. The van der Waals surface area contributed by atoms with E-state index < -0.39 is 0 Å². The summed E-state index contributed by atoms with van der Waals surface area (Å²) < 4.78 is 10.9. The van der Waals surface area contributed by atoms with Crippen molar-refractivity contribution in [1.29, 1.82) is 0 Å². The lowest BCUT2D eigenvalue weighted by atomic mass is 10.1. The number of methoxy groups -OCH3 is 1. The van der Waals surface area contributed by atoms with E-state index in [1.54, 1.807) is 7.11 Å². The molecule has 0 unspecified atom stereocenters. The maximum atomic E-state index is 5.90. The smallest absolute Gasteiger partial charge is 0.0587 e. The first-order chi connectivity index (χ1) is 7.93. The average Bonchev–Trinajstić information content (AvgIpc) is 2.56. The van der Waals surface area contributed by atoms with Crippen molar-refractivity contribution in [2.45, 2.75) is 51.0 Å². The molecule has 0 spiro atoms. The van der Waals surface area contributed by atoms with Crippen molar-refractivity contribution in [3.8, 4) is 0 Å². The standard InChI is InChI=1S/C13H27NO2/c1-15-12-10-14-9-6-11-16-13-7-4-2-3-5-8-13/h13-14H,2-12H2,1H3. The Bertz CT molecular complexity index is 145. The molecule has 0 radical (unpaired) electrons. The summed E-state index contributed by atoms with van der Waals surface area (Å²) in [5.41, 5.74) is 0. The van der Waals surface area contributed by atoms with Gasteiger partial charge in [-0.15, -0.1) is 0 Å². The topological polar surface area (TPSA) is 30.5 Å². The van der Waals surface area contributed by atoms with Gasteiger partial charge in [-0.3, -0.25) is 0 Å². The first-order valence-corrected chi connectivity index (χ1v) is 6.74. The van der Waals surface area contributed by atoms with E-state index in [-0.39, 0.29) is 0 Å². The van der Waals surface area contributed by atoms with Crippen LogP contribution in [0.4, 0.5) is 0 Å². The van der Waals surface area contributed by atoms with Gasteiger partial charge in [-0.25, -0.2) is 0 Å². The molecule has 1 fully saturated rings. The molecule has 0 atom stereocenters. The molecule has 1 saturated carbocycles. The molecule has 0 heterocycles. The van der Waals surface area contributed by atoms with Crippen LogP contribution < -0.4 is 5.32 Å². The van der Waals surface area contributed by atoms with Crippen molar-refractivity contribution in [2.24, 2.45) is 0 Å². The normalized spacial score (nSPS) is 18.6. The summed E-state index contributed by atoms with van der Waals surface area (Å²) in [6.07, 6.45) is 9.72. The molecule has 3 heteroatoms.